The van der Waals surface area contributed by atoms with Crippen molar-refractivity contribution in [2.24, 2.45) is 0 Å². The van der Waals surface area contributed by atoms with E-state index in [0.29, 0.717) is 42.7 Å². The van der Waals surface area contributed by atoms with Crippen molar-refractivity contribution in [2.45, 2.75) is 18.2 Å². The minimum Gasteiger partial charge on any atom is -0.384 e. The van der Waals surface area contributed by atoms with E-state index in [1.165, 1.54) is 24.9 Å². The fourth-order valence-corrected chi connectivity index (χ4v) is 2.51. The maximum atomic E-state index is 11.7. The number of thioether (sulfide) groups is 1. The molecule has 1 aromatic heterocycles. The van der Waals surface area contributed by atoms with Gasteiger partial charge in [-0.1, -0.05) is 11.8 Å². The van der Waals surface area contributed by atoms with Gasteiger partial charge in [0.15, 0.2) is 11.0 Å². The van der Waals surface area contributed by atoms with E-state index in [9.17, 15) is 9.90 Å². The Morgan fingerprint density at radius 2 is 2.14 bits per heavy atom. The molecule has 1 aliphatic rings. The summed E-state index contributed by atoms with van der Waals surface area (Å²) in [6, 6.07) is 2.10. The molecule has 2 rings (SSSR count). The lowest BCUT2D eigenvalue weighted by Crippen LogP contribution is -2.51. The third kappa shape index (κ3) is 3.43. The molecule has 1 amide bonds. The summed E-state index contributed by atoms with van der Waals surface area (Å²) >= 11 is 1.42. The van der Waals surface area contributed by atoms with Crippen molar-refractivity contribution in [3.63, 3.8) is 0 Å². The summed E-state index contributed by atoms with van der Waals surface area (Å²) in [5, 5.41) is 19.1. The van der Waals surface area contributed by atoms with Gasteiger partial charge in [0.25, 0.3) is 5.91 Å². The molecule has 1 fully saturated rings. The Hall–Kier alpha value is -1.85. The lowest BCUT2D eigenvalue weighted by atomic mass is 10.2. The number of aliphatic hydroxyl groups excluding tert-OH is 1. The van der Waals surface area contributed by atoms with Gasteiger partial charge in [0, 0.05) is 26.2 Å². The van der Waals surface area contributed by atoms with E-state index in [1.807, 2.05) is 11.2 Å². The van der Waals surface area contributed by atoms with E-state index in [-0.39, 0.29) is 5.91 Å². The molecule has 112 valence electrons. The lowest BCUT2D eigenvalue weighted by Gasteiger charge is -2.36. The monoisotopic (exact) mass is 307 g/mol. The van der Waals surface area contributed by atoms with Crippen LogP contribution in [0.5, 0.6) is 0 Å². The number of hydrogen-bond acceptors (Lipinski definition) is 7. The van der Waals surface area contributed by atoms with Crippen LogP contribution in [0.3, 0.4) is 0 Å². The molecule has 0 aliphatic carbocycles. The van der Waals surface area contributed by atoms with Crippen LogP contribution in [0.2, 0.25) is 0 Å². The third-order valence-electron chi connectivity index (χ3n) is 3.30. The van der Waals surface area contributed by atoms with Gasteiger partial charge >= 0.3 is 0 Å². The third-order valence-corrected chi connectivity index (χ3v) is 3.86. The standard InChI is InChI=1S/C13H17N5O2S/c1-9(19)12(20)18-5-3-17(4-6-18)11-10(7-14)8-15-13(16-11)21-2/h8-9,19H,3-6H2,1-2H3/t9-/m0/s1. The van der Waals surface area contributed by atoms with Crippen molar-refractivity contribution in [3.8, 4) is 6.07 Å². The maximum absolute atomic E-state index is 11.7. The average Bonchev–Trinajstić information content (AvgIpc) is 2.53. The Morgan fingerprint density at radius 1 is 1.48 bits per heavy atom. The highest BCUT2D eigenvalue weighted by Crippen LogP contribution is 2.21. The highest BCUT2D eigenvalue weighted by atomic mass is 32.2. The molecule has 8 heteroatoms. The van der Waals surface area contributed by atoms with Crippen LogP contribution in [0.1, 0.15) is 12.5 Å². The smallest absolute Gasteiger partial charge is 0.251 e. The summed E-state index contributed by atoms with van der Waals surface area (Å²) in [4.78, 5) is 23.8. The van der Waals surface area contributed by atoms with Crippen molar-refractivity contribution in [3.05, 3.63) is 11.8 Å². The predicted octanol–water partition coefficient (Wildman–Crippen LogP) is 0.0996. The number of rotatable bonds is 3. The second kappa shape index (κ2) is 6.74. The molecule has 1 atom stereocenters. The molecule has 21 heavy (non-hydrogen) atoms. The number of aromatic nitrogens is 2. The Morgan fingerprint density at radius 3 is 2.67 bits per heavy atom. The van der Waals surface area contributed by atoms with Gasteiger partial charge in [0.1, 0.15) is 17.7 Å². The van der Waals surface area contributed by atoms with Crippen LogP contribution in [0, 0.1) is 11.3 Å². The Bertz CT molecular complexity index is 564. The van der Waals surface area contributed by atoms with Crippen molar-refractivity contribution in [1.29, 1.82) is 5.26 Å². The highest BCUT2D eigenvalue weighted by Gasteiger charge is 2.25. The molecule has 2 heterocycles. The summed E-state index contributed by atoms with van der Waals surface area (Å²) < 4.78 is 0. The lowest BCUT2D eigenvalue weighted by molar-refractivity contribution is -0.139. The minimum atomic E-state index is -0.978. The maximum Gasteiger partial charge on any atom is 0.251 e. The second-order valence-corrected chi connectivity index (χ2v) is 5.47. The van der Waals surface area contributed by atoms with Crippen LogP contribution in [-0.4, -0.2) is 64.4 Å². The summed E-state index contributed by atoms with van der Waals surface area (Å²) in [5.41, 5.74) is 0.433. The molecule has 1 aromatic rings. The van der Waals surface area contributed by atoms with E-state index < -0.39 is 6.10 Å². The largest absolute Gasteiger partial charge is 0.384 e. The van der Waals surface area contributed by atoms with Crippen molar-refractivity contribution >= 4 is 23.5 Å². The van der Waals surface area contributed by atoms with Crippen LogP contribution >= 0.6 is 11.8 Å². The first-order valence-corrected chi connectivity index (χ1v) is 7.82. The summed E-state index contributed by atoms with van der Waals surface area (Å²) in [6.07, 6.45) is 2.43. The normalized spacial score (nSPS) is 16.5. The molecule has 1 saturated heterocycles. The number of hydrogen-bond donors (Lipinski definition) is 1. The first-order valence-electron chi connectivity index (χ1n) is 6.59. The van der Waals surface area contributed by atoms with Crippen LogP contribution < -0.4 is 4.90 Å². The van der Waals surface area contributed by atoms with E-state index >= 15 is 0 Å². The number of amides is 1. The van der Waals surface area contributed by atoms with Gasteiger partial charge in [0.05, 0.1) is 6.20 Å². The Labute approximate surface area is 127 Å². The van der Waals surface area contributed by atoms with Gasteiger partial charge in [-0.15, -0.1) is 0 Å². The number of piperazine rings is 1. The van der Waals surface area contributed by atoms with Gasteiger partial charge in [-0.2, -0.15) is 5.26 Å². The minimum absolute atomic E-state index is 0.261. The molecular weight excluding hydrogens is 290 g/mol. The van der Waals surface area contributed by atoms with Gasteiger partial charge < -0.3 is 14.9 Å². The van der Waals surface area contributed by atoms with Crippen LogP contribution in [0.15, 0.2) is 11.4 Å². The number of nitriles is 1. The zero-order valence-electron chi connectivity index (χ0n) is 12.0. The van der Waals surface area contributed by atoms with Gasteiger partial charge in [-0.3, -0.25) is 4.79 Å². The van der Waals surface area contributed by atoms with Crippen LogP contribution in [0.4, 0.5) is 5.82 Å². The van der Waals surface area contributed by atoms with Crippen molar-refractivity contribution < 1.29 is 9.90 Å². The molecule has 0 radical (unpaired) electrons. The molecule has 0 spiro atoms. The molecule has 0 aromatic carbocycles. The second-order valence-electron chi connectivity index (χ2n) is 4.69. The molecule has 1 aliphatic heterocycles. The molecule has 0 saturated carbocycles. The van der Waals surface area contributed by atoms with Gasteiger partial charge in [0.2, 0.25) is 0 Å². The van der Waals surface area contributed by atoms with E-state index in [2.05, 4.69) is 16.0 Å². The molecule has 7 nitrogen and oxygen atoms in total. The van der Waals surface area contributed by atoms with Gasteiger partial charge in [-0.05, 0) is 13.2 Å². The summed E-state index contributed by atoms with van der Waals surface area (Å²) in [5.74, 6) is 0.351. The number of carbonyl (C=O) groups is 1. The van der Waals surface area contributed by atoms with Crippen LogP contribution in [-0.2, 0) is 4.79 Å². The van der Waals surface area contributed by atoms with Crippen molar-refractivity contribution in [1.82, 2.24) is 14.9 Å². The topological polar surface area (TPSA) is 93.4 Å². The zero-order chi connectivity index (χ0) is 15.4. The first kappa shape index (κ1) is 15.5. The SMILES string of the molecule is CSc1ncc(C#N)c(N2CCN(C(=O)[C@H](C)O)CC2)n1. The number of aliphatic hydroxyl groups is 1. The summed E-state index contributed by atoms with van der Waals surface area (Å²) in [6.45, 7) is 3.65. The molecule has 1 N–H and O–H groups in total. The first-order chi connectivity index (χ1) is 10.1. The van der Waals surface area contributed by atoms with Crippen molar-refractivity contribution in [2.75, 3.05) is 37.3 Å². The fourth-order valence-electron chi connectivity index (χ4n) is 2.18. The quantitative estimate of drug-likeness (QED) is 0.625. The fraction of sp³-hybridized carbons (Fsp3) is 0.538. The number of carbonyl (C=O) groups excluding carboxylic acids is 1. The van der Waals surface area contributed by atoms with E-state index in [4.69, 9.17) is 5.26 Å². The van der Waals surface area contributed by atoms with E-state index in [1.54, 1.807) is 4.90 Å². The molecule has 0 unspecified atom stereocenters. The van der Waals surface area contributed by atoms with Gasteiger partial charge in [-0.25, -0.2) is 9.97 Å². The molecule has 0 bridgehead atoms. The van der Waals surface area contributed by atoms with Crippen LogP contribution in [0.25, 0.3) is 0 Å². The Kier molecular flexibility index (Phi) is 4.98. The summed E-state index contributed by atoms with van der Waals surface area (Å²) in [7, 11) is 0. The average molecular weight is 307 g/mol. The Balaban J connectivity index is 2.12. The zero-order valence-corrected chi connectivity index (χ0v) is 12.8. The number of anilines is 1. The highest BCUT2D eigenvalue weighted by molar-refractivity contribution is 7.98. The molecular formula is C13H17N5O2S. The van der Waals surface area contributed by atoms with E-state index in [0.717, 1.165) is 0 Å². The predicted molar refractivity (Wildman–Crippen MR) is 79.0 cm³/mol. The number of nitrogens with zero attached hydrogens (tertiary/aromatic N) is 5.